The number of ether oxygens (including phenoxy) is 1. The lowest BCUT2D eigenvalue weighted by Crippen LogP contribution is -2.04. The van der Waals surface area contributed by atoms with E-state index in [-0.39, 0.29) is 0 Å². The van der Waals surface area contributed by atoms with Crippen molar-refractivity contribution >= 4 is 16.5 Å². The lowest BCUT2D eigenvalue weighted by molar-refractivity contribution is 0.405. The van der Waals surface area contributed by atoms with E-state index in [0.29, 0.717) is 0 Å². The highest BCUT2D eigenvalue weighted by Crippen LogP contribution is 2.30. The Hall–Kier alpha value is -3.46. The van der Waals surface area contributed by atoms with E-state index in [4.69, 9.17) is 9.57 Å². The monoisotopic (exact) mass is 327 g/mol. The molecule has 0 heterocycles. The first-order valence-electron chi connectivity index (χ1n) is 8.12. The molecule has 0 aliphatic carbocycles. The summed E-state index contributed by atoms with van der Waals surface area (Å²) in [7, 11) is 0. The molecule has 0 spiro atoms. The van der Waals surface area contributed by atoms with E-state index in [9.17, 15) is 0 Å². The lowest BCUT2D eigenvalue weighted by atomic mass is 10.1. The van der Waals surface area contributed by atoms with E-state index >= 15 is 0 Å². The molecule has 0 saturated carbocycles. The maximum absolute atomic E-state index is 6.04. The lowest BCUT2D eigenvalue weighted by Gasteiger charge is -2.11. The van der Waals surface area contributed by atoms with Gasteiger partial charge in [-0.1, -0.05) is 54.6 Å². The smallest absolute Gasteiger partial charge is 0.155 e. The molecule has 0 aromatic heterocycles. The molecule has 122 valence electrons. The molecule has 3 nitrogen and oxygen atoms in total. The molecule has 4 aromatic carbocycles. The summed E-state index contributed by atoms with van der Waals surface area (Å²) < 4.78 is 6.04. The summed E-state index contributed by atoms with van der Waals surface area (Å²) >= 11 is 0. The fourth-order valence-corrected chi connectivity index (χ4v) is 2.61. The van der Waals surface area contributed by atoms with Crippen molar-refractivity contribution in [1.82, 2.24) is 0 Å². The fraction of sp³-hybridized carbons (Fsp3) is 0. The average molecular weight is 327 g/mol. The Kier molecular flexibility index (Phi) is 4.21. The van der Waals surface area contributed by atoms with E-state index < -0.39 is 0 Å². The molecular weight excluding hydrogens is 310 g/mol. The highest BCUT2D eigenvalue weighted by molar-refractivity contribution is 5.88. The molecule has 0 aliphatic rings. The van der Waals surface area contributed by atoms with Crippen molar-refractivity contribution in [2.75, 3.05) is 5.48 Å². The predicted octanol–water partition coefficient (Wildman–Crippen LogP) is 6.04. The van der Waals surface area contributed by atoms with Crippen LogP contribution in [0.3, 0.4) is 0 Å². The second-order valence-corrected chi connectivity index (χ2v) is 5.62. The standard InChI is InChI=1S/C22H17NO2/c1-2-9-20(10-3-1)25-23-18-13-15-19(16-14-18)24-22-12-6-8-17-7-4-5-11-21(17)22/h1-16,23H. The maximum Gasteiger partial charge on any atom is 0.155 e. The molecule has 0 fully saturated rings. The molecule has 0 bridgehead atoms. The summed E-state index contributed by atoms with van der Waals surface area (Å²) in [5.41, 5.74) is 3.78. The van der Waals surface area contributed by atoms with Gasteiger partial charge in [-0.25, -0.2) is 5.48 Å². The SMILES string of the molecule is c1ccc(ONc2ccc(Oc3cccc4ccccc34)cc2)cc1. The number of rotatable bonds is 5. The second kappa shape index (κ2) is 6.97. The highest BCUT2D eigenvalue weighted by Gasteiger charge is 2.03. The van der Waals surface area contributed by atoms with Crippen LogP contribution in [0.15, 0.2) is 97.1 Å². The summed E-state index contributed by atoms with van der Waals surface area (Å²) in [6.07, 6.45) is 0. The van der Waals surface area contributed by atoms with Gasteiger partial charge in [-0.2, -0.15) is 0 Å². The minimum atomic E-state index is 0.763. The molecular formula is C22H17NO2. The number of benzene rings is 4. The molecule has 4 rings (SSSR count). The van der Waals surface area contributed by atoms with E-state index in [1.54, 1.807) is 0 Å². The van der Waals surface area contributed by atoms with Crippen molar-refractivity contribution in [2.24, 2.45) is 0 Å². The van der Waals surface area contributed by atoms with Crippen molar-refractivity contribution in [2.45, 2.75) is 0 Å². The van der Waals surface area contributed by atoms with Gasteiger partial charge in [-0.15, -0.1) is 0 Å². The summed E-state index contributed by atoms with van der Waals surface area (Å²) in [6, 6.07) is 31.5. The molecule has 0 radical (unpaired) electrons. The van der Waals surface area contributed by atoms with E-state index in [2.05, 4.69) is 23.7 Å². The zero-order valence-corrected chi connectivity index (χ0v) is 13.6. The summed E-state index contributed by atoms with van der Waals surface area (Å²) in [6.45, 7) is 0. The first-order chi connectivity index (χ1) is 12.4. The van der Waals surface area contributed by atoms with Crippen LogP contribution in [0, 0.1) is 0 Å². The number of anilines is 1. The summed E-state index contributed by atoms with van der Waals surface area (Å²) in [5.74, 6) is 2.39. The molecule has 3 heteroatoms. The predicted molar refractivity (Wildman–Crippen MR) is 101 cm³/mol. The molecule has 4 aromatic rings. The molecule has 0 amide bonds. The highest BCUT2D eigenvalue weighted by atomic mass is 16.6. The van der Waals surface area contributed by atoms with E-state index in [0.717, 1.165) is 33.7 Å². The van der Waals surface area contributed by atoms with Crippen LogP contribution in [0.5, 0.6) is 17.2 Å². The first-order valence-corrected chi connectivity index (χ1v) is 8.12. The number of fused-ring (bicyclic) bond motifs is 1. The number of hydrogen-bond acceptors (Lipinski definition) is 3. The topological polar surface area (TPSA) is 30.5 Å². The van der Waals surface area contributed by atoms with Gasteiger partial charge < -0.3 is 9.57 Å². The number of hydrogen-bond donors (Lipinski definition) is 1. The first kappa shape index (κ1) is 15.1. The third-order valence-electron chi connectivity index (χ3n) is 3.86. The minimum absolute atomic E-state index is 0.763. The maximum atomic E-state index is 6.04. The van der Waals surface area contributed by atoms with Crippen LogP contribution in [0.25, 0.3) is 10.8 Å². The van der Waals surface area contributed by atoms with Gasteiger partial charge in [0.15, 0.2) is 5.75 Å². The third-order valence-corrected chi connectivity index (χ3v) is 3.86. The Labute approximate surface area is 146 Å². The number of para-hydroxylation sites is 1. The molecule has 25 heavy (non-hydrogen) atoms. The largest absolute Gasteiger partial charge is 0.457 e. The van der Waals surface area contributed by atoms with Crippen LogP contribution in [0.4, 0.5) is 5.69 Å². The molecule has 0 saturated heterocycles. The molecule has 0 unspecified atom stereocenters. The quantitative estimate of drug-likeness (QED) is 0.453. The van der Waals surface area contributed by atoms with E-state index in [1.807, 2.05) is 78.9 Å². The summed E-state index contributed by atoms with van der Waals surface area (Å²) in [4.78, 5) is 5.52. The van der Waals surface area contributed by atoms with Gasteiger partial charge in [0, 0.05) is 5.39 Å². The van der Waals surface area contributed by atoms with Crippen LogP contribution in [0.2, 0.25) is 0 Å². The Balaban J connectivity index is 1.47. The van der Waals surface area contributed by atoms with E-state index in [1.165, 1.54) is 0 Å². The fourth-order valence-electron chi connectivity index (χ4n) is 2.61. The van der Waals surface area contributed by atoms with Crippen LogP contribution in [-0.4, -0.2) is 0 Å². The van der Waals surface area contributed by atoms with Crippen LogP contribution in [0.1, 0.15) is 0 Å². The number of nitrogens with one attached hydrogen (secondary N) is 1. The van der Waals surface area contributed by atoms with Crippen LogP contribution >= 0.6 is 0 Å². The Morgan fingerprint density at radius 2 is 1.28 bits per heavy atom. The second-order valence-electron chi connectivity index (χ2n) is 5.62. The van der Waals surface area contributed by atoms with Crippen LogP contribution in [-0.2, 0) is 0 Å². The van der Waals surface area contributed by atoms with Gasteiger partial charge in [0.1, 0.15) is 11.5 Å². The Bertz CT molecular complexity index is 961. The van der Waals surface area contributed by atoms with Gasteiger partial charge in [0.05, 0.1) is 5.69 Å². The molecule has 1 N–H and O–H groups in total. The average Bonchev–Trinajstić information content (AvgIpc) is 2.69. The van der Waals surface area contributed by atoms with Gasteiger partial charge in [-0.3, -0.25) is 0 Å². The van der Waals surface area contributed by atoms with Gasteiger partial charge >= 0.3 is 0 Å². The third kappa shape index (κ3) is 3.56. The minimum Gasteiger partial charge on any atom is -0.457 e. The van der Waals surface area contributed by atoms with Crippen molar-refractivity contribution in [3.63, 3.8) is 0 Å². The van der Waals surface area contributed by atoms with Crippen molar-refractivity contribution < 1.29 is 9.57 Å². The van der Waals surface area contributed by atoms with Crippen molar-refractivity contribution in [3.05, 3.63) is 97.1 Å². The Morgan fingerprint density at radius 1 is 0.560 bits per heavy atom. The van der Waals surface area contributed by atoms with Gasteiger partial charge in [0.25, 0.3) is 0 Å². The summed E-state index contributed by atoms with van der Waals surface area (Å²) in [5, 5.41) is 2.26. The van der Waals surface area contributed by atoms with Crippen molar-refractivity contribution in [1.29, 1.82) is 0 Å². The van der Waals surface area contributed by atoms with Gasteiger partial charge in [-0.05, 0) is 47.9 Å². The molecule has 0 aliphatic heterocycles. The normalized spacial score (nSPS) is 10.4. The Morgan fingerprint density at radius 3 is 2.12 bits per heavy atom. The van der Waals surface area contributed by atoms with Crippen molar-refractivity contribution in [3.8, 4) is 17.2 Å². The zero-order valence-electron chi connectivity index (χ0n) is 13.6. The van der Waals surface area contributed by atoms with Crippen LogP contribution < -0.4 is 15.1 Å². The van der Waals surface area contributed by atoms with Gasteiger partial charge in [0.2, 0.25) is 0 Å². The molecule has 0 atom stereocenters. The zero-order chi connectivity index (χ0) is 16.9.